The van der Waals surface area contributed by atoms with E-state index in [9.17, 15) is 0 Å². The number of benzene rings is 1. The van der Waals surface area contributed by atoms with Crippen molar-refractivity contribution in [3.63, 3.8) is 0 Å². The zero-order valence-corrected chi connectivity index (χ0v) is 11.1. The van der Waals surface area contributed by atoms with E-state index in [1.807, 2.05) is 55.9 Å². The summed E-state index contributed by atoms with van der Waals surface area (Å²) in [6.07, 6.45) is 1.83. The predicted molar refractivity (Wildman–Crippen MR) is 72.4 cm³/mol. The normalized spacial score (nSPS) is 12.4. The Labute approximate surface area is 107 Å². The van der Waals surface area contributed by atoms with E-state index in [1.54, 1.807) is 0 Å². The van der Waals surface area contributed by atoms with Gasteiger partial charge in [0.2, 0.25) is 0 Å². The predicted octanol–water partition coefficient (Wildman–Crippen LogP) is 2.51. The molecule has 4 nitrogen and oxygen atoms in total. The van der Waals surface area contributed by atoms with Gasteiger partial charge in [0.1, 0.15) is 11.6 Å². The Hall–Kier alpha value is -1.81. The monoisotopic (exact) mass is 245 g/mol. The molecule has 1 aromatic carbocycles. The number of aromatic nitrogens is 2. The van der Waals surface area contributed by atoms with Gasteiger partial charge in [-0.2, -0.15) is 0 Å². The van der Waals surface area contributed by atoms with Crippen LogP contribution < -0.4 is 10.5 Å². The van der Waals surface area contributed by atoms with Crippen molar-refractivity contribution >= 4 is 0 Å². The number of nitrogens with zero attached hydrogens (tertiary/aromatic N) is 2. The Morgan fingerprint density at radius 3 is 2.83 bits per heavy atom. The van der Waals surface area contributed by atoms with Crippen molar-refractivity contribution in [1.82, 2.24) is 9.55 Å². The van der Waals surface area contributed by atoms with Crippen LogP contribution >= 0.6 is 0 Å². The topological polar surface area (TPSA) is 53.1 Å². The van der Waals surface area contributed by atoms with Crippen molar-refractivity contribution in [1.29, 1.82) is 0 Å². The Bertz CT molecular complexity index is 532. The van der Waals surface area contributed by atoms with Crippen LogP contribution in [0.15, 0.2) is 30.5 Å². The summed E-state index contributed by atoms with van der Waals surface area (Å²) in [4.78, 5) is 4.44. The first kappa shape index (κ1) is 12.6. The molecule has 2 N–H and O–H groups in total. The molecule has 2 rings (SSSR count). The van der Waals surface area contributed by atoms with Gasteiger partial charge in [-0.15, -0.1) is 0 Å². The summed E-state index contributed by atoms with van der Waals surface area (Å²) in [6.45, 7) is 4.59. The molecule has 0 aliphatic heterocycles. The number of nitrogens with two attached hydrogens (primary N) is 1. The fourth-order valence-electron chi connectivity index (χ4n) is 2.01. The molecule has 96 valence electrons. The average Bonchev–Trinajstić information content (AvgIpc) is 2.72. The van der Waals surface area contributed by atoms with E-state index in [0.29, 0.717) is 6.61 Å². The maximum absolute atomic E-state index is 5.90. The number of imidazole rings is 1. The van der Waals surface area contributed by atoms with Crippen molar-refractivity contribution in [3.8, 4) is 17.1 Å². The second-order valence-electron chi connectivity index (χ2n) is 4.32. The maximum atomic E-state index is 5.90. The molecule has 0 fully saturated rings. The number of rotatable bonds is 4. The van der Waals surface area contributed by atoms with Crippen LogP contribution in [-0.4, -0.2) is 16.2 Å². The van der Waals surface area contributed by atoms with Crippen LogP contribution in [0.2, 0.25) is 0 Å². The Morgan fingerprint density at radius 1 is 1.44 bits per heavy atom. The van der Waals surface area contributed by atoms with Crippen LogP contribution in [0, 0.1) is 0 Å². The molecule has 1 atom stereocenters. The molecule has 1 unspecified atom stereocenters. The molecule has 0 saturated heterocycles. The van der Waals surface area contributed by atoms with Crippen LogP contribution in [-0.2, 0) is 7.05 Å². The van der Waals surface area contributed by atoms with Gasteiger partial charge < -0.3 is 15.0 Å². The van der Waals surface area contributed by atoms with Gasteiger partial charge >= 0.3 is 0 Å². The molecule has 0 aliphatic carbocycles. The zero-order valence-electron chi connectivity index (χ0n) is 11.1. The molecule has 0 amide bonds. The number of hydrogen-bond donors (Lipinski definition) is 1. The second kappa shape index (κ2) is 5.23. The van der Waals surface area contributed by atoms with Gasteiger partial charge in [0.05, 0.1) is 18.5 Å². The lowest BCUT2D eigenvalue weighted by Gasteiger charge is -2.09. The molecule has 4 heteroatoms. The van der Waals surface area contributed by atoms with E-state index in [-0.39, 0.29) is 6.04 Å². The van der Waals surface area contributed by atoms with Gasteiger partial charge in [-0.05, 0) is 26.0 Å². The lowest BCUT2D eigenvalue weighted by Crippen LogP contribution is -2.10. The summed E-state index contributed by atoms with van der Waals surface area (Å²) in [6, 6.07) is 7.92. The highest BCUT2D eigenvalue weighted by molar-refractivity contribution is 5.58. The smallest absolute Gasteiger partial charge is 0.140 e. The van der Waals surface area contributed by atoms with Crippen LogP contribution in [0.1, 0.15) is 25.6 Å². The third-order valence-corrected chi connectivity index (χ3v) is 2.89. The van der Waals surface area contributed by atoms with Gasteiger partial charge in [0.25, 0.3) is 0 Å². The summed E-state index contributed by atoms with van der Waals surface area (Å²) in [5, 5.41) is 0. The van der Waals surface area contributed by atoms with E-state index >= 15 is 0 Å². The quantitative estimate of drug-likeness (QED) is 0.900. The average molecular weight is 245 g/mol. The van der Waals surface area contributed by atoms with Gasteiger partial charge in [-0.3, -0.25) is 0 Å². The zero-order chi connectivity index (χ0) is 13.1. The summed E-state index contributed by atoms with van der Waals surface area (Å²) < 4.78 is 7.52. The van der Waals surface area contributed by atoms with E-state index in [2.05, 4.69) is 4.98 Å². The lowest BCUT2D eigenvalue weighted by atomic mass is 10.2. The van der Waals surface area contributed by atoms with Crippen molar-refractivity contribution < 1.29 is 4.74 Å². The van der Waals surface area contributed by atoms with Crippen molar-refractivity contribution in [2.24, 2.45) is 12.8 Å². The third kappa shape index (κ3) is 2.38. The largest absolute Gasteiger partial charge is 0.494 e. The van der Waals surface area contributed by atoms with E-state index in [1.165, 1.54) is 0 Å². The first-order valence-electron chi connectivity index (χ1n) is 6.14. The first-order valence-corrected chi connectivity index (χ1v) is 6.14. The Balaban J connectivity index is 2.39. The SMILES string of the molecule is CCOc1cccc(-c2ncc(C(C)N)n2C)c1. The van der Waals surface area contributed by atoms with Crippen molar-refractivity contribution in [3.05, 3.63) is 36.2 Å². The van der Waals surface area contributed by atoms with E-state index < -0.39 is 0 Å². The molecule has 0 spiro atoms. The summed E-state index contributed by atoms with van der Waals surface area (Å²) >= 11 is 0. The second-order valence-corrected chi connectivity index (χ2v) is 4.32. The van der Waals surface area contributed by atoms with E-state index in [4.69, 9.17) is 10.5 Å². The highest BCUT2D eigenvalue weighted by atomic mass is 16.5. The standard InChI is InChI=1S/C14H19N3O/c1-4-18-12-7-5-6-11(8-12)14-16-9-13(10(2)15)17(14)3/h5-10H,4,15H2,1-3H3. The van der Waals surface area contributed by atoms with Crippen LogP contribution in [0.25, 0.3) is 11.4 Å². The minimum Gasteiger partial charge on any atom is -0.494 e. The van der Waals surface area contributed by atoms with Crippen molar-refractivity contribution in [2.45, 2.75) is 19.9 Å². The minimum absolute atomic E-state index is 0.0219. The molecule has 0 bridgehead atoms. The highest BCUT2D eigenvalue weighted by Gasteiger charge is 2.11. The van der Waals surface area contributed by atoms with Gasteiger partial charge in [0.15, 0.2) is 0 Å². The molecule has 2 aromatic rings. The summed E-state index contributed by atoms with van der Waals surface area (Å²) in [5.74, 6) is 1.77. The molecule has 0 saturated carbocycles. The molecule has 0 radical (unpaired) electrons. The molecular formula is C14H19N3O. The van der Waals surface area contributed by atoms with Gasteiger partial charge in [-0.25, -0.2) is 4.98 Å². The lowest BCUT2D eigenvalue weighted by molar-refractivity contribution is 0.340. The maximum Gasteiger partial charge on any atom is 0.140 e. The fourth-order valence-corrected chi connectivity index (χ4v) is 2.01. The van der Waals surface area contributed by atoms with Crippen LogP contribution in [0.4, 0.5) is 0 Å². The van der Waals surface area contributed by atoms with Crippen LogP contribution in [0.3, 0.4) is 0 Å². The Morgan fingerprint density at radius 2 is 2.22 bits per heavy atom. The molecular weight excluding hydrogens is 226 g/mol. The van der Waals surface area contributed by atoms with E-state index in [0.717, 1.165) is 22.8 Å². The highest BCUT2D eigenvalue weighted by Crippen LogP contribution is 2.24. The molecule has 1 aromatic heterocycles. The molecule has 18 heavy (non-hydrogen) atoms. The molecule has 0 aliphatic rings. The molecule has 1 heterocycles. The van der Waals surface area contributed by atoms with Crippen molar-refractivity contribution in [2.75, 3.05) is 6.61 Å². The first-order chi connectivity index (χ1) is 8.63. The summed E-state index contributed by atoms with van der Waals surface area (Å²) in [5.41, 5.74) is 7.96. The minimum atomic E-state index is -0.0219. The Kier molecular flexibility index (Phi) is 3.67. The fraction of sp³-hybridized carbons (Fsp3) is 0.357. The number of ether oxygens (including phenoxy) is 1. The number of hydrogen-bond acceptors (Lipinski definition) is 3. The van der Waals surface area contributed by atoms with Gasteiger partial charge in [0, 0.05) is 18.7 Å². The van der Waals surface area contributed by atoms with Crippen LogP contribution in [0.5, 0.6) is 5.75 Å². The third-order valence-electron chi connectivity index (χ3n) is 2.89. The summed E-state index contributed by atoms with van der Waals surface area (Å²) in [7, 11) is 1.98. The van der Waals surface area contributed by atoms with Gasteiger partial charge in [-0.1, -0.05) is 12.1 Å².